The molecule has 0 fully saturated rings. The van der Waals surface area contributed by atoms with Gasteiger partial charge >= 0.3 is 23.9 Å². The largest absolute Gasteiger partial charge is 4.00 e. The van der Waals surface area contributed by atoms with Crippen LogP contribution in [0.3, 0.4) is 0 Å². The minimum Gasteiger partial charge on any atom is -0.691 e. The molecule has 704 valence electrons. The summed E-state index contributed by atoms with van der Waals surface area (Å²) in [6, 6.07) is 0. The standard InChI is InChI=1S/4C24H51O2PS2.Sn/c4*1-3-5-7-9-11-13-15-17-19-21-23-25-27(28,29)26-24-22-20-18-16-14-12-10-8-6-4-2;/h4*3-24H2,1-2H3,(H,28,29);/q;;;;+4/p-4. The van der Waals surface area contributed by atoms with E-state index in [1.54, 1.807) is 0 Å². The summed E-state index contributed by atoms with van der Waals surface area (Å²) in [5.41, 5.74) is -9.72. The molecule has 0 saturated heterocycles. The molecule has 0 radical (unpaired) electrons. The van der Waals surface area contributed by atoms with Crippen LogP contribution in [0.5, 0.6) is 0 Å². The quantitative estimate of drug-likeness (QED) is 0.0251. The van der Waals surface area contributed by atoms with Crippen molar-refractivity contribution in [2.75, 3.05) is 52.9 Å². The van der Waals surface area contributed by atoms with Crippen molar-refractivity contribution in [3.05, 3.63) is 0 Å². The van der Waals surface area contributed by atoms with Crippen molar-refractivity contribution in [2.45, 2.75) is 569 Å². The van der Waals surface area contributed by atoms with Crippen LogP contribution in [0.25, 0.3) is 0 Å². The van der Waals surface area contributed by atoms with Crippen molar-refractivity contribution in [2.24, 2.45) is 0 Å². The number of unbranched alkanes of at least 4 members (excludes halogenated alkanes) is 72. The van der Waals surface area contributed by atoms with Gasteiger partial charge < -0.3 is 85.2 Å². The van der Waals surface area contributed by atoms with Crippen molar-refractivity contribution < 1.29 is 36.2 Å². The van der Waals surface area contributed by atoms with Crippen molar-refractivity contribution in [1.29, 1.82) is 0 Å². The molecule has 0 rings (SSSR count). The van der Waals surface area contributed by atoms with Gasteiger partial charge in [-0.3, -0.25) is 0 Å². The second kappa shape index (κ2) is 111. The number of hydrogen-bond acceptors (Lipinski definition) is 16. The second-order valence-electron chi connectivity index (χ2n) is 33.9. The predicted octanol–water partition coefficient (Wildman–Crippen LogP) is 38.2. The molecule has 0 heterocycles. The summed E-state index contributed by atoms with van der Waals surface area (Å²) in [6.45, 7) is 23.6. The fourth-order valence-corrected chi connectivity index (χ4v) is 21.0. The van der Waals surface area contributed by atoms with Gasteiger partial charge in [-0.2, -0.15) is 0 Å². The maximum Gasteiger partial charge on any atom is 4.00 e. The van der Waals surface area contributed by atoms with Gasteiger partial charge in [0.15, 0.2) is 0 Å². The summed E-state index contributed by atoms with van der Waals surface area (Å²) in [7, 11) is 0. The molecule has 0 aliphatic rings. The van der Waals surface area contributed by atoms with Gasteiger partial charge in [-0.15, -0.1) is 0 Å². The van der Waals surface area contributed by atoms with Gasteiger partial charge in [-0.1, -0.05) is 565 Å². The molecule has 8 nitrogen and oxygen atoms in total. The van der Waals surface area contributed by atoms with E-state index in [9.17, 15) is 0 Å². The van der Waals surface area contributed by atoms with Crippen molar-refractivity contribution >= 4 is 143 Å². The fourth-order valence-electron chi connectivity index (χ4n) is 14.3. The van der Waals surface area contributed by atoms with Gasteiger partial charge in [0.25, 0.3) is 0 Å². The SMILES string of the molecule is CCCCCCCCCCCCOP(=S)([S-])OCCCCCCCCCCCC.CCCCCCCCCCCCOP(=S)([S-])OCCCCCCCCCCCC.CCCCCCCCCCCCOP(=S)([S-])OCCCCCCCCCCCC.CCCCCCCCCCCCOP(=S)([S-])OCCCCCCCCCCCC.[Sn+4]. The van der Waals surface area contributed by atoms with Gasteiger partial charge in [-0.25, -0.2) is 0 Å². The monoisotopic (exact) mass is 1980 g/mol. The molecule has 0 aliphatic carbocycles. The molecule has 0 unspecified atom stereocenters. The fraction of sp³-hybridized carbons (Fsp3) is 1.00. The topological polar surface area (TPSA) is 73.8 Å². The maximum absolute atomic E-state index is 5.71. The molecule has 0 bridgehead atoms. The summed E-state index contributed by atoms with van der Waals surface area (Å²) < 4.78 is 45.7. The average molecular weight is 1980 g/mol. The second-order valence-corrected chi connectivity index (χ2v) is 53.9. The molecule has 21 heteroatoms. The molecule has 0 atom stereocenters. The Balaban J connectivity index is -0.000000475. The van der Waals surface area contributed by atoms with Crippen LogP contribution >= 0.6 is 22.8 Å². The molecule has 0 aromatic heterocycles. The van der Waals surface area contributed by atoms with Gasteiger partial charge in [0, 0.05) is 0 Å². The Morgan fingerprint density at radius 2 is 0.188 bits per heavy atom. The van der Waals surface area contributed by atoms with E-state index in [2.05, 4.69) is 55.4 Å². The molecule has 0 N–H and O–H groups in total. The molecule has 0 spiro atoms. The molecular formula is C96H200O8P4S8Sn. The molecule has 0 saturated carbocycles. The first-order valence-corrected chi connectivity index (χ1v) is 65.5. The Bertz CT molecular complexity index is 1630. The smallest absolute Gasteiger partial charge is 0.691 e. The molecule has 117 heavy (non-hydrogen) atoms. The van der Waals surface area contributed by atoms with Crippen LogP contribution in [-0.4, -0.2) is 76.8 Å². The Morgan fingerprint density at radius 3 is 0.256 bits per heavy atom. The molecule has 0 aliphatic heterocycles. The Labute approximate surface area is 793 Å². The van der Waals surface area contributed by atoms with E-state index >= 15 is 0 Å². The normalized spacial score (nSPS) is 11.9. The Kier molecular flexibility index (Phi) is 123. The Hall–Kier alpha value is 4.48. The first-order chi connectivity index (χ1) is 56.5. The van der Waals surface area contributed by atoms with Gasteiger partial charge in [0.2, 0.25) is 0 Å². The number of rotatable bonds is 96. The van der Waals surface area contributed by atoms with Crippen molar-refractivity contribution in [1.82, 2.24) is 0 Å². The third-order valence-electron chi connectivity index (χ3n) is 22.0. The summed E-state index contributed by atoms with van der Waals surface area (Å²) in [4.78, 5) is 0. The van der Waals surface area contributed by atoms with E-state index in [4.69, 9.17) is 132 Å². The zero-order valence-corrected chi connectivity index (χ0v) is 92.0. The van der Waals surface area contributed by atoms with E-state index in [0.717, 1.165) is 51.4 Å². The van der Waals surface area contributed by atoms with E-state index in [0.29, 0.717) is 52.9 Å². The average Bonchev–Trinajstić information content (AvgIpc) is 0.959. The van der Waals surface area contributed by atoms with Crippen LogP contribution in [0.1, 0.15) is 569 Å². The molecule has 0 aromatic carbocycles. The zero-order chi connectivity index (χ0) is 85.9. The molecule has 0 aromatic rings. The Morgan fingerprint density at radius 1 is 0.128 bits per heavy atom. The first-order valence-electron chi connectivity index (χ1n) is 50.9. The van der Waals surface area contributed by atoms with Crippen molar-refractivity contribution in [3.63, 3.8) is 0 Å². The predicted molar refractivity (Wildman–Crippen MR) is 555 cm³/mol. The summed E-state index contributed by atoms with van der Waals surface area (Å²) in [5.74, 6) is 0. The molecular weight excluding hydrogens is 1780 g/mol. The maximum atomic E-state index is 5.71. The van der Waals surface area contributed by atoms with E-state index in [1.807, 2.05) is 0 Å². The van der Waals surface area contributed by atoms with Crippen molar-refractivity contribution in [3.8, 4) is 0 Å². The van der Waals surface area contributed by atoms with Crippen LogP contribution in [0.4, 0.5) is 0 Å². The van der Waals surface area contributed by atoms with Gasteiger partial charge in [0.1, 0.15) is 0 Å². The van der Waals surface area contributed by atoms with Crippen LogP contribution in [0, 0.1) is 0 Å². The van der Waals surface area contributed by atoms with Crippen LogP contribution < -0.4 is 0 Å². The summed E-state index contributed by atoms with van der Waals surface area (Å²) >= 11 is 42.9. The van der Waals surface area contributed by atoms with Gasteiger partial charge in [-0.05, 0) is 51.4 Å². The van der Waals surface area contributed by atoms with E-state index in [-0.39, 0.29) is 23.9 Å². The van der Waals surface area contributed by atoms with Crippen LogP contribution in [0.15, 0.2) is 0 Å². The minimum atomic E-state index is -2.43. The minimum absolute atomic E-state index is 0. The van der Waals surface area contributed by atoms with Crippen LogP contribution in [-0.2, 0) is 132 Å². The number of hydrogen-bond donors (Lipinski definition) is 0. The summed E-state index contributed by atoms with van der Waals surface area (Å²) in [6.07, 6.45) is 106. The third kappa shape index (κ3) is 125. The first kappa shape index (κ1) is 130. The van der Waals surface area contributed by atoms with Crippen LogP contribution in [0.2, 0.25) is 0 Å². The summed E-state index contributed by atoms with van der Waals surface area (Å²) in [5, 5.41) is 0. The van der Waals surface area contributed by atoms with E-state index < -0.39 is 22.8 Å². The third-order valence-corrected chi connectivity index (χ3v) is 31.0. The van der Waals surface area contributed by atoms with E-state index in [1.165, 1.54) is 462 Å². The van der Waals surface area contributed by atoms with Gasteiger partial charge in [0.05, 0.1) is 75.6 Å². The zero-order valence-electron chi connectivity index (χ0n) is 79.0. The molecule has 0 amide bonds.